The van der Waals surface area contributed by atoms with Crippen LogP contribution in [0.1, 0.15) is 57.4 Å². The zero-order valence-electron chi connectivity index (χ0n) is 13.0. The summed E-state index contributed by atoms with van der Waals surface area (Å²) in [6.07, 6.45) is 6.85. The average molecular weight is 275 g/mol. The minimum absolute atomic E-state index is 0.636. The molecule has 0 radical (unpaired) electrons. The summed E-state index contributed by atoms with van der Waals surface area (Å²) in [5, 5.41) is 3.51. The number of nitrogens with one attached hydrogen (secondary N) is 1. The van der Waals surface area contributed by atoms with Crippen LogP contribution in [0.4, 0.5) is 0 Å². The quantitative estimate of drug-likeness (QED) is 0.712. The van der Waals surface area contributed by atoms with Crippen LogP contribution in [0.2, 0.25) is 0 Å². The third-order valence-corrected chi connectivity index (χ3v) is 4.52. The molecule has 1 N–H and O–H groups in total. The van der Waals surface area contributed by atoms with E-state index in [-0.39, 0.29) is 0 Å². The Bertz CT molecular complexity index is 368. The van der Waals surface area contributed by atoms with Crippen LogP contribution in [-0.2, 0) is 0 Å². The van der Waals surface area contributed by atoms with E-state index < -0.39 is 0 Å². The van der Waals surface area contributed by atoms with Crippen LogP contribution in [0.5, 0.6) is 5.75 Å². The lowest BCUT2D eigenvalue weighted by molar-refractivity contribution is 0.308. The van der Waals surface area contributed by atoms with Gasteiger partial charge in [-0.3, -0.25) is 0 Å². The van der Waals surface area contributed by atoms with Gasteiger partial charge in [0.1, 0.15) is 12.4 Å². The highest BCUT2D eigenvalue weighted by molar-refractivity contribution is 5.29. The molecular weight excluding hydrogens is 246 g/mol. The maximum absolute atomic E-state index is 5.78. The molecule has 0 aliphatic heterocycles. The van der Waals surface area contributed by atoms with E-state index in [9.17, 15) is 0 Å². The van der Waals surface area contributed by atoms with E-state index in [1.807, 2.05) is 0 Å². The maximum Gasteiger partial charge on any atom is 0.119 e. The van der Waals surface area contributed by atoms with Crippen LogP contribution >= 0.6 is 0 Å². The third kappa shape index (κ3) is 4.82. The van der Waals surface area contributed by atoms with E-state index in [4.69, 9.17) is 4.74 Å². The minimum atomic E-state index is 0.636. The number of rotatable bonds is 8. The zero-order valence-corrected chi connectivity index (χ0v) is 13.0. The lowest BCUT2D eigenvalue weighted by Crippen LogP contribution is -2.26. The van der Waals surface area contributed by atoms with Crippen LogP contribution in [0.15, 0.2) is 24.3 Å². The zero-order chi connectivity index (χ0) is 14.2. The second-order valence-electron chi connectivity index (χ2n) is 6.08. The standard InChI is InChI=1S/C18H29NO/c1-3-15(2)17-8-10-18(11-9-17)20-13-12-19-14-16-6-4-5-7-16/h8-11,15-16,19H,3-7,12-14H2,1-2H3. The van der Waals surface area contributed by atoms with Gasteiger partial charge in [0.2, 0.25) is 0 Å². The van der Waals surface area contributed by atoms with E-state index in [1.54, 1.807) is 0 Å². The van der Waals surface area contributed by atoms with Gasteiger partial charge in [0, 0.05) is 6.54 Å². The van der Waals surface area contributed by atoms with Crippen molar-refractivity contribution in [3.8, 4) is 5.75 Å². The molecule has 1 aromatic carbocycles. The van der Waals surface area contributed by atoms with Gasteiger partial charge < -0.3 is 10.1 Å². The Kier molecular flexibility index (Phi) is 6.38. The SMILES string of the molecule is CCC(C)c1ccc(OCCNCC2CCCC2)cc1. The van der Waals surface area contributed by atoms with Crippen LogP contribution in [0.25, 0.3) is 0 Å². The van der Waals surface area contributed by atoms with Crippen LogP contribution < -0.4 is 10.1 Å². The highest BCUT2D eigenvalue weighted by atomic mass is 16.5. The Morgan fingerprint density at radius 2 is 1.90 bits per heavy atom. The highest BCUT2D eigenvalue weighted by Crippen LogP contribution is 2.23. The molecule has 112 valence electrons. The van der Waals surface area contributed by atoms with Crippen molar-refractivity contribution in [2.75, 3.05) is 19.7 Å². The molecule has 0 spiro atoms. The summed E-state index contributed by atoms with van der Waals surface area (Å²) < 4.78 is 5.78. The van der Waals surface area contributed by atoms with Gasteiger partial charge >= 0.3 is 0 Å². The van der Waals surface area contributed by atoms with Gasteiger partial charge in [-0.1, -0.05) is 38.8 Å². The molecule has 2 heteroatoms. The summed E-state index contributed by atoms with van der Waals surface area (Å²) in [6, 6.07) is 8.57. The molecule has 1 aliphatic rings. The molecule has 0 bridgehead atoms. The molecule has 1 atom stereocenters. The summed E-state index contributed by atoms with van der Waals surface area (Å²) in [7, 11) is 0. The fourth-order valence-corrected chi connectivity index (χ4v) is 2.89. The summed E-state index contributed by atoms with van der Waals surface area (Å²) in [5.41, 5.74) is 1.40. The fourth-order valence-electron chi connectivity index (χ4n) is 2.89. The molecule has 1 unspecified atom stereocenters. The van der Waals surface area contributed by atoms with Crippen LogP contribution in [0, 0.1) is 5.92 Å². The Hall–Kier alpha value is -1.02. The number of hydrogen-bond acceptors (Lipinski definition) is 2. The van der Waals surface area contributed by atoms with Crippen molar-refractivity contribution in [3.63, 3.8) is 0 Å². The predicted octanol–water partition coefficient (Wildman–Crippen LogP) is 4.36. The second-order valence-corrected chi connectivity index (χ2v) is 6.08. The third-order valence-electron chi connectivity index (χ3n) is 4.52. The van der Waals surface area contributed by atoms with Crippen molar-refractivity contribution in [3.05, 3.63) is 29.8 Å². The van der Waals surface area contributed by atoms with Gasteiger partial charge in [-0.2, -0.15) is 0 Å². The first-order chi connectivity index (χ1) is 9.79. The molecule has 0 heterocycles. The van der Waals surface area contributed by atoms with E-state index in [0.29, 0.717) is 5.92 Å². The molecule has 0 aromatic heterocycles. The van der Waals surface area contributed by atoms with Crippen molar-refractivity contribution in [1.29, 1.82) is 0 Å². The van der Waals surface area contributed by atoms with Crippen molar-refractivity contribution >= 4 is 0 Å². The summed E-state index contributed by atoms with van der Waals surface area (Å²) >= 11 is 0. The maximum atomic E-state index is 5.78. The van der Waals surface area contributed by atoms with Gasteiger partial charge in [-0.15, -0.1) is 0 Å². The first-order valence-corrected chi connectivity index (χ1v) is 8.23. The molecular formula is C18H29NO. The molecule has 20 heavy (non-hydrogen) atoms. The molecule has 1 aromatic rings. The highest BCUT2D eigenvalue weighted by Gasteiger charge is 2.13. The van der Waals surface area contributed by atoms with Crippen molar-refractivity contribution in [1.82, 2.24) is 5.32 Å². The first-order valence-electron chi connectivity index (χ1n) is 8.23. The van der Waals surface area contributed by atoms with E-state index in [1.165, 1.54) is 37.7 Å². The monoisotopic (exact) mass is 275 g/mol. The predicted molar refractivity (Wildman–Crippen MR) is 85.5 cm³/mol. The number of benzene rings is 1. The largest absolute Gasteiger partial charge is 0.492 e. The fraction of sp³-hybridized carbons (Fsp3) is 0.667. The molecule has 0 saturated heterocycles. The lowest BCUT2D eigenvalue weighted by Gasteiger charge is -2.12. The second kappa shape index (κ2) is 8.31. The molecule has 2 rings (SSSR count). The smallest absolute Gasteiger partial charge is 0.119 e. The molecule has 1 fully saturated rings. The van der Waals surface area contributed by atoms with Crippen LogP contribution in [0.3, 0.4) is 0 Å². The first kappa shape index (κ1) is 15.4. The van der Waals surface area contributed by atoms with E-state index >= 15 is 0 Å². The Morgan fingerprint density at radius 1 is 1.20 bits per heavy atom. The average Bonchev–Trinajstić information content (AvgIpc) is 3.00. The minimum Gasteiger partial charge on any atom is -0.492 e. The van der Waals surface area contributed by atoms with Gasteiger partial charge in [0.25, 0.3) is 0 Å². The summed E-state index contributed by atoms with van der Waals surface area (Å²) in [4.78, 5) is 0. The van der Waals surface area contributed by atoms with Crippen molar-refractivity contribution in [2.24, 2.45) is 5.92 Å². The van der Waals surface area contributed by atoms with Gasteiger partial charge in [0.15, 0.2) is 0 Å². The normalized spacial score (nSPS) is 17.3. The number of ether oxygens (including phenoxy) is 1. The van der Waals surface area contributed by atoms with Crippen molar-refractivity contribution < 1.29 is 4.74 Å². The topological polar surface area (TPSA) is 21.3 Å². The van der Waals surface area contributed by atoms with Gasteiger partial charge in [-0.05, 0) is 55.3 Å². The van der Waals surface area contributed by atoms with Crippen molar-refractivity contribution in [2.45, 2.75) is 51.9 Å². The lowest BCUT2D eigenvalue weighted by atomic mass is 9.99. The Labute approximate surface area is 123 Å². The number of hydrogen-bond donors (Lipinski definition) is 1. The Balaban J connectivity index is 1.61. The molecule has 1 saturated carbocycles. The molecule has 2 nitrogen and oxygen atoms in total. The molecule has 1 aliphatic carbocycles. The van der Waals surface area contributed by atoms with Crippen LogP contribution in [-0.4, -0.2) is 19.7 Å². The Morgan fingerprint density at radius 3 is 2.55 bits per heavy atom. The van der Waals surface area contributed by atoms with E-state index in [2.05, 4.69) is 43.4 Å². The summed E-state index contributed by atoms with van der Waals surface area (Å²) in [5.74, 6) is 2.53. The summed E-state index contributed by atoms with van der Waals surface area (Å²) in [6.45, 7) is 7.36. The molecule has 0 amide bonds. The van der Waals surface area contributed by atoms with Gasteiger partial charge in [0.05, 0.1) is 0 Å². The van der Waals surface area contributed by atoms with E-state index in [0.717, 1.165) is 31.4 Å². The van der Waals surface area contributed by atoms with Gasteiger partial charge in [-0.25, -0.2) is 0 Å².